The predicted molar refractivity (Wildman–Crippen MR) is 93.8 cm³/mol. The monoisotopic (exact) mass is 393 g/mol. The molecular formula is C17H17BrFN3O2. The number of fused-ring (bicyclic) bond motifs is 2. The summed E-state index contributed by atoms with van der Waals surface area (Å²) in [7, 11) is 1.67. The number of hydrogen-bond acceptors (Lipinski definition) is 5. The molecule has 0 saturated carbocycles. The molecule has 0 radical (unpaired) electrons. The number of allylic oxidation sites excluding steroid dienone is 2. The Kier molecular flexibility index (Phi) is 4.23. The maximum atomic E-state index is 14.0. The van der Waals surface area contributed by atoms with E-state index in [1.54, 1.807) is 31.3 Å². The first kappa shape index (κ1) is 16.7. The Labute approximate surface area is 148 Å². The van der Waals surface area contributed by atoms with E-state index in [1.807, 2.05) is 0 Å². The number of rotatable bonds is 3. The Hall–Kier alpha value is -2.12. The zero-order chi connectivity index (χ0) is 17.5. The van der Waals surface area contributed by atoms with Gasteiger partial charge in [0.25, 0.3) is 0 Å². The van der Waals surface area contributed by atoms with Gasteiger partial charge in [-0.1, -0.05) is 31.4 Å². The van der Waals surface area contributed by atoms with Crippen molar-refractivity contribution in [3.63, 3.8) is 0 Å². The molecule has 0 aromatic heterocycles. The fourth-order valence-corrected chi connectivity index (χ4v) is 3.20. The highest BCUT2D eigenvalue weighted by Gasteiger charge is 2.49. The largest absolute Gasteiger partial charge is 0.485 e. The Morgan fingerprint density at radius 3 is 2.88 bits per heavy atom. The van der Waals surface area contributed by atoms with Crippen LogP contribution < -0.4 is 10.5 Å². The van der Waals surface area contributed by atoms with Gasteiger partial charge < -0.3 is 10.5 Å². The lowest BCUT2D eigenvalue weighted by Gasteiger charge is -2.37. The molecule has 2 aliphatic heterocycles. The molecule has 0 bridgehead atoms. The van der Waals surface area contributed by atoms with Gasteiger partial charge in [0.15, 0.2) is 0 Å². The molecule has 0 fully saturated rings. The van der Waals surface area contributed by atoms with E-state index in [4.69, 9.17) is 15.3 Å². The summed E-state index contributed by atoms with van der Waals surface area (Å²) in [6.07, 6.45) is 5.05. The van der Waals surface area contributed by atoms with Crippen LogP contribution in [0.25, 0.3) is 0 Å². The van der Waals surface area contributed by atoms with E-state index >= 15 is 0 Å². The summed E-state index contributed by atoms with van der Waals surface area (Å²) in [4.78, 5) is 10.4. The van der Waals surface area contributed by atoms with Gasteiger partial charge >= 0.3 is 0 Å². The highest BCUT2D eigenvalue weighted by atomic mass is 79.9. The normalized spacial score (nSPS) is 26.0. The van der Waals surface area contributed by atoms with E-state index in [1.165, 1.54) is 11.1 Å². The summed E-state index contributed by atoms with van der Waals surface area (Å²) in [5.74, 6) is 0.172. The van der Waals surface area contributed by atoms with Gasteiger partial charge in [0.1, 0.15) is 17.7 Å². The van der Waals surface area contributed by atoms with Crippen molar-refractivity contribution in [1.82, 2.24) is 5.06 Å². The van der Waals surface area contributed by atoms with E-state index in [0.717, 1.165) is 5.57 Å². The van der Waals surface area contributed by atoms with Crippen LogP contribution in [0.5, 0.6) is 5.75 Å². The highest BCUT2D eigenvalue weighted by Crippen LogP contribution is 2.48. The van der Waals surface area contributed by atoms with Crippen molar-refractivity contribution in [2.24, 2.45) is 10.7 Å². The van der Waals surface area contributed by atoms with Crippen molar-refractivity contribution in [3.05, 3.63) is 64.9 Å². The number of benzene rings is 1. The quantitative estimate of drug-likeness (QED) is 0.799. The van der Waals surface area contributed by atoms with Crippen LogP contribution in [0.3, 0.4) is 0 Å². The smallest absolute Gasteiger partial charge is 0.222 e. The van der Waals surface area contributed by atoms with E-state index in [0.29, 0.717) is 22.2 Å². The van der Waals surface area contributed by atoms with E-state index in [9.17, 15) is 4.39 Å². The molecule has 2 unspecified atom stereocenters. The minimum Gasteiger partial charge on any atom is -0.485 e. The maximum Gasteiger partial charge on any atom is 0.222 e. The topological polar surface area (TPSA) is 60.1 Å². The number of hydroxylamine groups is 2. The number of hydrogen-bond donors (Lipinski definition) is 1. The summed E-state index contributed by atoms with van der Waals surface area (Å²) < 4.78 is 20.3. The van der Waals surface area contributed by atoms with Crippen LogP contribution in [0.15, 0.2) is 58.6 Å². The van der Waals surface area contributed by atoms with Crippen molar-refractivity contribution in [3.8, 4) is 5.75 Å². The Morgan fingerprint density at radius 2 is 2.29 bits per heavy atom. The van der Waals surface area contributed by atoms with Gasteiger partial charge in [-0.25, -0.2) is 19.3 Å². The molecule has 1 aromatic rings. The first-order valence-electron chi connectivity index (χ1n) is 7.29. The molecule has 2 atom stereocenters. The van der Waals surface area contributed by atoms with Crippen LogP contribution in [-0.4, -0.2) is 24.2 Å². The average Bonchev–Trinajstić information content (AvgIpc) is 2.81. The number of aliphatic imine (C=N–C) groups is 1. The fraction of sp³-hybridized carbons (Fsp3) is 0.235. The van der Waals surface area contributed by atoms with Crippen LogP contribution in [0.1, 0.15) is 12.0 Å². The van der Waals surface area contributed by atoms with E-state index in [2.05, 4.69) is 34.1 Å². The minimum absolute atomic E-state index is 0.245. The molecule has 1 spiro atoms. The van der Waals surface area contributed by atoms with Gasteiger partial charge in [-0.15, -0.1) is 0 Å². The molecule has 126 valence electrons. The third kappa shape index (κ3) is 2.63. The maximum absolute atomic E-state index is 14.0. The first-order valence-corrected chi connectivity index (χ1v) is 8.09. The zero-order valence-corrected chi connectivity index (χ0v) is 14.7. The Balaban J connectivity index is 2.16. The van der Waals surface area contributed by atoms with Crippen molar-refractivity contribution >= 4 is 21.9 Å². The van der Waals surface area contributed by atoms with E-state index in [-0.39, 0.29) is 5.96 Å². The van der Waals surface area contributed by atoms with Crippen LogP contribution in [0.2, 0.25) is 0 Å². The first-order chi connectivity index (χ1) is 11.4. The standard InChI is InChI=1S/C17H17BrFN3O2/c1-4-6-10(5-2)15-9-17(21-16(20)22(3)24-17)11-7-12(18)13(19)8-14(11)23-15/h4-8,15H,1-2,9H2,3H3,(H2,20,21)/b10-6+. The number of ether oxygens (including phenoxy) is 1. The molecule has 3 rings (SSSR count). The average molecular weight is 394 g/mol. The molecule has 0 amide bonds. The highest BCUT2D eigenvalue weighted by molar-refractivity contribution is 9.10. The van der Waals surface area contributed by atoms with Crippen molar-refractivity contribution < 1.29 is 14.0 Å². The number of nitrogens with two attached hydrogens (primary N) is 1. The summed E-state index contributed by atoms with van der Waals surface area (Å²) in [6, 6.07) is 2.93. The Bertz CT molecular complexity index is 777. The molecule has 2 N–H and O–H groups in total. The van der Waals surface area contributed by atoms with Crippen LogP contribution in [0, 0.1) is 5.82 Å². The molecule has 5 nitrogen and oxygen atoms in total. The molecule has 7 heteroatoms. The second-order valence-electron chi connectivity index (χ2n) is 5.52. The number of nitrogens with zero attached hydrogens (tertiary/aromatic N) is 2. The van der Waals surface area contributed by atoms with Crippen molar-refractivity contribution in [1.29, 1.82) is 0 Å². The lowest BCUT2D eigenvalue weighted by Crippen LogP contribution is -2.40. The van der Waals surface area contributed by atoms with Gasteiger partial charge in [-0.05, 0) is 27.6 Å². The van der Waals surface area contributed by atoms with Gasteiger partial charge in [0.2, 0.25) is 11.7 Å². The molecular weight excluding hydrogens is 377 g/mol. The molecule has 1 aromatic carbocycles. The summed E-state index contributed by atoms with van der Waals surface area (Å²) in [5, 5.41) is 1.40. The lowest BCUT2D eigenvalue weighted by molar-refractivity contribution is -0.188. The molecule has 2 aliphatic rings. The second kappa shape index (κ2) is 6.07. The minimum atomic E-state index is -1.07. The summed E-state index contributed by atoms with van der Waals surface area (Å²) in [6.45, 7) is 7.49. The lowest BCUT2D eigenvalue weighted by atomic mass is 9.89. The van der Waals surface area contributed by atoms with Crippen molar-refractivity contribution in [2.45, 2.75) is 18.2 Å². The van der Waals surface area contributed by atoms with Crippen LogP contribution in [-0.2, 0) is 10.6 Å². The van der Waals surface area contributed by atoms with Crippen LogP contribution in [0.4, 0.5) is 4.39 Å². The third-order valence-electron chi connectivity index (χ3n) is 4.00. The van der Waals surface area contributed by atoms with Gasteiger partial charge in [-0.2, -0.15) is 0 Å². The molecule has 0 aliphatic carbocycles. The number of halogens is 2. The second-order valence-corrected chi connectivity index (χ2v) is 6.38. The fourth-order valence-electron chi connectivity index (χ4n) is 2.86. The molecule has 24 heavy (non-hydrogen) atoms. The zero-order valence-electron chi connectivity index (χ0n) is 13.1. The van der Waals surface area contributed by atoms with Gasteiger partial charge in [0.05, 0.1) is 10.0 Å². The van der Waals surface area contributed by atoms with Crippen LogP contribution >= 0.6 is 15.9 Å². The summed E-state index contributed by atoms with van der Waals surface area (Å²) in [5.41, 5.74) is 6.23. The third-order valence-corrected chi connectivity index (χ3v) is 4.61. The molecule has 2 heterocycles. The summed E-state index contributed by atoms with van der Waals surface area (Å²) >= 11 is 3.20. The number of guanidine groups is 1. The Morgan fingerprint density at radius 1 is 1.54 bits per heavy atom. The van der Waals surface area contributed by atoms with Gasteiger partial charge in [0, 0.05) is 19.5 Å². The van der Waals surface area contributed by atoms with Gasteiger partial charge in [-0.3, -0.25) is 0 Å². The SMILES string of the molecule is C=C/C=C(\C=C)C1CC2(N=C(N)N(C)O2)c2cc(Br)c(F)cc2O1. The molecule has 0 saturated heterocycles. The van der Waals surface area contributed by atoms with Crippen molar-refractivity contribution in [2.75, 3.05) is 7.05 Å². The predicted octanol–water partition coefficient (Wildman–Crippen LogP) is 3.38. The van der Waals surface area contributed by atoms with E-state index < -0.39 is 17.6 Å².